The maximum absolute atomic E-state index is 6.33. The molecule has 1 aromatic heterocycles. The van der Waals surface area contributed by atoms with Gasteiger partial charge in [-0.15, -0.1) is 0 Å². The van der Waals surface area contributed by atoms with E-state index in [1.54, 1.807) is 6.26 Å². The standard InChI is InChI=1S/C13H22N2O/c1-15(11-12-5-4-10-16-12)9-8-13(14)6-2-3-7-13/h4-5,10H,2-3,6-9,11,14H2,1H3. The average molecular weight is 222 g/mol. The average Bonchev–Trinajstić information content (AvgIpc) is 2.88. The molecule has 1 aliphatic carbocycles. The lowest BCUT2D eigenvalue weighted by Gasteiger charge is -2.26. The van der Waals surface area contributed by atoms with Crippen molar-refractivity contribution in [1.29, 1.82) is 0 Å². The highest BCUT2D eigenvalue weighted by Gasteiger charge is 2.28. The first kappa shape index (κ1) is 11.7. The molecular formula is C13H22N2O. The molecule has 0 radical (unpaired) electrons. The van der Waals surface area contributed by atoms with E-state index in [2.05, 4.69) is 11.9 Å². The minimum Gasteiger partial charge on any atom is -0.468 e. The van der Waals surface area contributed by atoms with Crippen LogP contribution in [0, 0.1) is 0 Å². The Bertz CT molecular complexity index is 302. The highest BCUT2D eigenvalue weighted by molar-refractivity contribution is 4.98. The monoisotopic (exact) mass is 222 g/mol. The SMILES string of the molecule is CN(CCC1(N)CCCC1)Cc1ccco1. The summed E-state index contributed by atoms with van der Waals surface area (Å²) in [5, 5.41) is 0. The normalized spacial score (nSPS) is 19.4. The number of hydrogen-bond donors (Lipinski definition) is 1. The molecule has 0 amide bonds. The van der Waals surface area contributed by atoms with E-state index in [-0.39, 0.29) is 5.54 Å². The number of rotatable bonds is 5. The van der Waals surface area contributed by atoms with Gasteiger partial charge in [-0.2, -0.15) is 0 Å². The Morgan fingerprint density at radius 3 is 2.81 bits per heavy atom. The molecule has 16 heavy (non-hydrogen) atoms. The molecule has 0 bridgehead atoms. The predicted octanol–water partition coefficient (Wildman–Crippen LogP) is 2.37. The highest BCUT2D eigenvalue weighted by Crippen LogP contribution is 2.30. The quantitative estimate of drug-likeness (QED) is 0.831. The molecule has 0 saturated heterocycles. The van der Waals surface area contributed by atoms with Crippen LogP contribution in [0.25, 0.3) is 0 Å². The molecule has 0 aliphatic heterocycles. The van der Waals surface area contributed by atoms with E-state index in [0.717, 1.165) is 25.3 Å². The Morgan fingerprint density at radius 1 is 1.44 bits per heavy atom. The highest BCUT2D eigenvalue weighted by atomic mass is 16.3. The molecule has 0 atom stereocenters. The third-order valence-corrected chi connectivity index (χ3v) is 3.60. The second-order valence-electron chi connectivity index (χ2n) is 5.14. The van der Waals surface area contributed by atoms with E-state index in [0.29, 0.717) is 0 Å². The zero-order valence-corrected chi connectivity index (χ0v) is 10.1. The summed E-state index contributed by atoms with van der Waals surface area (Å²) in [5.41, 5.74) is 6.44. The number of nitrogens with zero attached hydrogens (tertiary/aromatic N) is 1. The van der Waals surface area contributed by atoms with Gasteiger partial charge < -0.3 is 10.2 Å². The summed E-state index contributed by atoms with van der Waals surface area (Å²) in [6.07, 6.45) is 7.83. The largest absolute Gasteiger partial charge is 0.468 e. The second kappa shape index (κ2) is 5.02. The Labute approximate surface area is 97.6 Å². The third kappa shape index (κ3) is 3.09. The lowest BCUT2D eigenvalue weighted by atomic mass is 9.94. The van der Waals surface area contributed by atoms with Crippen LogP contribution in [0.2, 0.25) is 0 Å². The van der Waals surface area contributed by atoms with Gasteiger partial charge in [-0.25, -0.2) is 0 Å². The van der Waals surface area contributed by atoms with Crippen molar-refractivity contribution >= 4 is 0 Å². The molecule has 1 aliphatic rings. The maximum Gasteiger partial charge on any atom is 0.117 e. The summed E-state index contributed by atoms with van der Waals surface area (Å²) < 4.78 is 5.33. The van der Waals surface area contributed by atoms with Crippen molar-refractivity contribution in [3.05, 3.63) is 24.2 Å². The van der Waals surface area contributed by atoms with Crippen LogP contribution in [0.4, 0.5) is 0 Å². The summed E-state index contributed by atoms with van der Waals surface area (Å²) in [7, 11) is 2.13. The van der Waals surface area contributed by atoms with Gasteiger partial charge in [-0.1, -0.05) is 12.8 Å². The Hall–Kier alpha value is -0.800. The van der Waals surface area contributed by atoms with Crippen molar-refractivity contribution in [1.82, 2.24) is 4.90 Å². The molecule has 1 aromatic rings. The molecule has 3 nitrogen and oxygen atoms in total. The minimum atomic E-state index is 0.109. The van der Waals surface area contributed by atoms with Gasteiger partial charge in [-0.3, -0.25) is 4.90 Å². The second-order valence-corrected chi connectivity index (χ2v) is 5.14. The lowest BCUT2D eigenvalue weighted by molar-refractivity contribution is 0.256. The van der Waals surface area contributed by atoms with Gasteiger partial charge in [0.05, 0.1) is 12.8 Å². The summed E-state index contributed by atoms with van der Waals surface area (Å²) >= 11 is 0. The van der Waals surface area contributed by atoms with Gasteiger partial charge in [0.1, 0.15) is 5.76 Å². The van der Waals surface area contributed by atoms with Crippen molar-refractivity contribution in [2.75, 3.05) is 13.6 Å². The van der Waals surface area contributed by atoms with E-state index < -0.39 is 0 Å². The van der Waals surface area contributed by atoms with Crippen LogP contribution in [-0.4, -0.2) is 24.0 Å². The van der Waals surface area contributed by atoms with Gasteiger partial charge >= 0.3 is 0 Å². The first-order valence-electron chi connectivity index (χ1n) is 6.18. The van der Waals surface area contributed by atoms with Crippen LogP contribution in [0.1, 0.15) is 37.9 Å². The Kier molecular flexibility index (Phi) is 3.66. The topological polar surface area (TPSA) is 42.4 Å². The van der Waals surface area contributed by atoms with E-state index in [9.17, 15) is 0 Å². The molecule has 1 heterocycles. The molecule has 2 N–H and O–H groups in total. The van der Waals surface area contributed by atoms with Crippen LogP contribution < -0.4 is 5.73 Å². The smallest absolute Gasteiger partial charge is 0.117 e. The molecule has 2 rings (SSSR count). The zero-order valence-electron chi connectivity index (χ0n) is 10.1. The van der Waals surface area contributed by atoms with Crippen molar-refractivity contribution < 1.29 is 4.42 Å². The fraction of sp³-hybridized carbons (Fsp3) is 0.692. The van der Waals surface area contributed by atoms with Gasteiger partial charge in [0.25, 0.3) is 0 Å². The van der Waals surface area contributed by atoms with Crippen LogP contribution >= 0.6 is 0 Å². The van der Waals surface area contributed by atoms with Crippen LogP contribution in [0.15, 0.2) is 22.8 Å². The molecule has 90 valence electrons. The molecule has 3 heteroatoms. The zero-order chi connectivity index (χ0) is 11.4. The molecule has 0 unspecified atom stereocenters. The fourth-order valence-corrected chi connectivity index (χ4v) is 2.49. The minimum absolute atomic E-state index is 0.109. The summed E-state index contributed by atoms with van der Waals surface area (Å²) in [5.74, 6) is 1.03. The van der Waals surface area contributed by atoms with Crippen molar-refractivity contribution in [3.8, 4) is 0 Å². The first-order chi connectivity index (χ1) is 7.68. The van der Waals surface area contributed by atoms with Gasteiger partial charge in [0.2, 0.25) is 0 Å². The molecular weight excluding hydrogens is 200 g/mol. The van der Waals surface area contributed by atoms with Crippen molar-refractivity contribution in [2.24, 2.45) is 5.73 Å². The van der Waals surface area contributed by atoms with E-state index >= 15 is 0 Å². The molecule has 0 spiro atoms. The van der Waals surface area contributed by atoms with Crippen molar-refractivity contribution in [3.63, 3.8) is 0 Å². The van der Waals surface area contributed by atoms with E-state index in [1.807, 2.05) is 12.1 Å². The van der Waals surface area contributed by atoms with Crippen LogP contribution in [0.3, 0.4) is 0 Å². The first-order valence-corrected chi connectivity index (χ1v) is 6.18. The number of nitrogens with two attached hydrogens (primary N) is 1. The molecule has 1 fully saturated rings. The maximum atomic E-state index is 6.33. The molecule has 0 aromatic carbocycles. The van der Waals surface area contributed by atoms with Crippen LogP contribution in [0.5, 0.6) is 0 Å². The third-order valence-electron chi connectivity index (χ3n) is 3.60. The number of furan rings is 1. The number of hydrogen-bond acceptors (Lipinski definition) is 3. The van der Waals surface area contributed by atoms with Crippen molar-refractivity contribution in [2.45, 2.75) is 44.2 Å². The summed E-state index contributed by atoms with van der Waals surface area (Å²) in [6, 6.07) is 3.95. The van der Waals surface area contributed by atoms with E-state index in [4.69, 9.17) is 10.2 Å². The summed E-state index contributed by atoms with van der Waals surface area (Å²) in [6.45, 7) is 1.93. The van der Waals surface area contributed by atoms with Gasteiger partial charge in [-0.05, 0) is 38.4 Å². The van der Waals surface area contributed by atoms with E-state index in [1.165, 1.54) is 25.7 Å². The van der Waals surface area contributed by atoms with Gasteiger partial charge in [0.15, 0.2) is 0 Å². The van der Waals surface area contributed by atoms with Crippen LogP contribution in [-0.2, 0) is 6.54 Å². The predicted molar refractivity (Wildman–Crippen MR) is 65.0 cm³/mol. The summed E-state index contributed by atoms with van der Waals surface area (Å²) in [4.78, 5) is 2.28. The fourth-order valence-electron chi connectivity index (χ4n) is 2.49. The molecule has 1 saturated carbocycles. The Balaban J connectivity index is 1.73. The Morgan fingerprint density at radius 2 is 2.19 bits per heavy atom. The van der Waals surface area contributed by atoms with Gasteiger partial charge in [0, 0.05) is 12.1 Å². The lowest BCUT2D eigenvalue weighted by Crippen LogP contribution is -2.39.